The molecule has 0 saturated heterocycles. The summed E-state index contributed by atoms with van der Waals surface area (Å²) in [7, 11) is 0. The summed E-state index contributed by atoms with van der Waals surface area (Å²) >= 11 is 0. The molecule has 0 aliphatic carbocycles. The number of ether oxygens (including phenoxy) is 3. The highest BCUT2D eigenvalue weighted by Gasteiger charge is 2.31. The molecule has 0 aliphatic heterocycles. The van der Waals surface area contributed by atoms with Crippen molar-refractivity contribution < 1.29 is 43.0 Å². The number of alkyl carbamates (subject to hydrolysis) is 1. The summed E-state index contributed by atoms with van der Waals surface area (Å²) in [5.41, 5.74) is -0.723. The van der Waals surface area contributed by atoms with E-state index in [1.54, 1.807) is 34.6 Å². The van der Waals surface area contributed by atoms with Crippen LogP contribution in [0.4, 0.5) is 4.79 Å². The molecule has 13 heteroatoms. The van der Waals surface area contributed by atoms with E-state index in [-0.39, 0.29) is 13.2 Å². The first-order valence-corrected chi connectivity index (χ1v) is 10.5. The quantitative estimate of drug-likeness (QED) is 0.150. The van der Waals surface area contributed by atoms with Gasteiger partial charge in [-0.3, -0.25) is 14.4 Å². The molecule has 188 valence electrons. The highest BCUT2D eigenvalue weighted by Crippen LogP contribution is 2.06. The van der Waals surface area contributed by atoms with E-state index in [0.29, 0.717) is 12.8 Å². The molecule has 0 spiro atoms. The number of hydrogen-bond donors (Lipinski definition) is 4. The van der Waals surface area contributed by atoms with E-state index < -0.39 is 67.0 Å². The predicted molar refractivity (Wildman–Crippen MR) is 115 cm³/mol. The monoisotopic (exact) mass is 474 g/mol. The molecule has 0 aromatic heterocycles. The van der Waals surface area contributed by atoms with E-state index in [9.17, 15) is 28.8 Å². The third-order valence-corrected chi connectivity index (χ3v) is 3.36. The molecule has 0 bridgehead atoms. The second kappa shape index (κ2) is 15.4. The summed E-state index contributed by atoms with van der Waals surface area (Å²) in [5, 5.41) is 8.85. The Labute approximate surface area is 192 Å². The van der Waals surface area contributed by atoms with E-state index in [2.05, 4.69) is 21.3 Å². The Balaban J connectivity index is 4.45. The zero-order valence-electron chi connectivity index (χ0n) is 19.7. The van der Waals surface area contributed by atoms with Crippen LogP contribution in [0.1, 0.15) is 47.5 Å². The fraction of sp³-hybridized carbons (Fsp3) is 0.700. The number of amides is 4. The third kappa shape index (κ3) is 15.1. The van der Waals surface area contributed by atoms with Gasteiger partial charge in [0.1, 0.15) is 12.1 Å². The van der Waals surface area contributed by atoms with Gasteiger partial charge in [-0.15, -0.1) is 0 Å². The predicted octanol–water partition coefficient (Wildman–Crippen LogP) is -0.865. The van der Waals surface area contributed by atoms with Crippen LogP contribution < -0.4 is 21.3 Å². The Kier molecular flexibility index (Phi) is 13.8. The van der Waals surface area contributed by atoms with Gasteiger partial charge in [0.15, 0.2) is 0 Å². The van der Waals surface area contributed by atoms with E-state index in [4.69, 9.17) is 14.2 Å². The molecular formula is C20H34N4O9. The van der Waals surface area contributed by atoms with Gasteiger partial charge >= 0.3 is 18.0 Å². The molecule has 0 radical (unpaired) electrons. The number of carbonyl (C=O) groups excluding carboxylic acids is 6. The second-order valence-electron chi connectivity index (χ2n) is 7.74. The standard InChI is InChI=1S/C20H34N4O9/c1-6-8-31-17(28)16(18(29)32-9-7-2)24-15(27)12-22-13(25)10-21-14(26)11-23-19(30)33-20(3,4)5/h16H,6-12H2,1-5H3,(H,21,26)(H,22,25)(H,23,30)(H,24,27). The van der Waals surface area contributed by atoms with E-state index in [1.165, 1.54) is 0 Å². The largest absolute Gasteiger partial charge is 0.464 e. The van der Waals surface area contributed by atoms with Crippen molar-refractivity contribution in [2.75, 3.05) is 32.8 Å². The number of esters is 2. The number of hydrogen-bond acceptors (Lipinski definition) is 9. The van der Waals surface area contributed by atoms with Crippen LogP contribution in [0.2, 0.25) is 0 Å². The van der Waals surface area contributed by atoms with Crippen LogP contribution >= 0.6 is 0 Å². The molecule has 4 N–H and O–H groups in total. The summed E-state index contributed by atoms with van der Waals surface area (Å²) < 4.78 is 14.7. The van der Waals surface area contributed by atoms with Gasteiger partial charge in [0, 0.05) is 0 Å². The number of carbonyl (C=O) groups is 6. The molecule has 33 heavy (non-hydrogen) atoms. The average molecular weight is 475 g/mol. The highest BCUT2D eigenvalue weighted by molar-refractivity contribution is 6.03. The minimum Gasteiger partial charge on any atom is -0.464 e. The molecule has 0 heterocycles. The van der Waals surface area contributed by atoms with Crippen molar-refractivity contribution in [3.05, 3.63) is 0 Å². The van der Waals surface area contributed by atoms with Crippen molar-refractivity contribution in [3.63, 3.8) is 0 Å². The van der Waals surface area contributed by atoms with Crippen LogP contribution in [0.3, 0.4) is 0 Å². The Hall–Kier alpha value is -3.38. The zero-order chi connectivity index (χ0) is 25.4. The maximum Gasteiger partial charge on any atom is 0.408 e. The minimum atomic E-state index is -1.66. The second-order valence-corrected chi connectivity index (χ2v) is 7.74. The molecule has 13 nitrogen and oxygen atoms in total. The first kappa shape index (κ1) is 29.6. The zero-order valence-corrected chi connectivity index (χ0v) is 19.7. The third-order valence-electron chi connectivity index (χ3n) is 3.36. The molecule has 0 aromatic carbocycles. The van der Waals surface area contributed by atoms with Crippen molar-refractivity contribution in [1.29, 1.82) is 0 Å². The highest BCUT2D eigenvalue weighted by atomic mass is 16.6. The van der Waals surface area contributed by atoms with Crippen molar-refractivity contribution >= 4 is 35.8 Å². The van der Waals surface area contributed by atoms with Crippen LogP contribution in [-0.4, -0.2) is 80.2 Å². The molecule has 0 aliphatic rings. The minimum absolute atomic E-state index is 0.0610. The Bertz CT molecular complexity index is 684. The van der Waals surface area contributed by atoms with Crippen molar-refractivity contribution in [2.45, 2.75) is 59.1 Å². The van der Waals surface area contributed by atoms with Gasteiger partial charge in [-0.05, 0) is 33.6 Å². The maximum absolute atomic E-state index is 12.1. The van der Waals surface area contributed by atoms with Gasteiger partial charge in [-0.1, -0.05) is 13.8 Å². The molecular weight excluding hydrogens is 440 g/mol. The number of rotatable bonds is 13. The lowest BCUT2D eigenvalue weighted by Crippen LogP contribution is -2.51. The van der Waals surface area contributed by atoms with Crippen molar-refractivity contribution in [1.82, 2.24) is 21.3 Å². The van der Waals surface area contributed by atoms with Gasteiger partial charge in [-0.25, -0.2) is 14.4 Å². The lowest BCUT2D eigenvalue weighted by Gasteiger charge is -2.19. The average Bonchev–Trinajstić information content (AvgIpc) is 2.73. The normalized spacial score (nSPS) is 10.6. The van der Waals surface area contributed by atoms with E-state index >= 15 is 0 Å². The molecule has 0 fully saturated rings. The molecule has 0 atom stereocenters. The van der Waals surface area contributed by atoms with Gasteiger partial charge in [0.25, 0.3) is 0 Å². The van der Waals surface area contributed by atoms with E-state index in [0.717, 1.165) is 0 Å². The first-order chi connectivity index (χ1) is 15.4. The van der Waals surface area contributed by atoms with Gasteiger partial charge in [0.2, 0.25) is 23.8 Å². The maximum atomic E-state index is 12.1. The van der Waals surface area contributed by atoms with Gasteiger partial charge in [-0.2, -0.15) is 0 Å². The van der Waals surface area contributed by atoms with Crippen LogP contribution in [0.15, 0.2) is 0 Å². The van der Waals surface area contributed by atoms with Gasteiger partial charge in [0.05, 0.1) is 26.3 Å². The van der Waals surface area contributed by atoms with Crippen molar-refractivity contribution in [2.24, 2.45) is 0 Å². The summed E-state index contributed by atoms with van der Waals surface area (Å²) in [6.07, 6.45) is 0.250. The molecule has 0 rings (SSSR count). The fourth-order valence-electron chi connectivity index (χ4n) is 1.95. The first-order valence-electron chi connectivity index (χ1n) is 10.5. The SMILES string of the molecule is CCCOC(=O)C(NC(=O)CNC(=O)CNC(=O)CNC(=O)OC(C)(C)C)C(=O)OCCC. The summed E-state index contributed by atoms with van der Waals surface area (Å²) in [4.78, 5) is 71.1. The molecule has 0 saturated carbocycles. The van der Waals surface area contributed by atoms with Crippen LogP contribution in [0.5, 0.6) is 0 Å². The lowest BCUT2D eigenvalue weighted by atomic mass is 10.2. The summed E-state index contributed by atoms with van der Waals surface area (Å²) in [5.74, 6) is -4.15. The Morgan fingerprint density at radius 3 is 1.55 bits per heavy atom. The van der Waals surface area contributed by atoms with Crippen LogP contribution in [-0.2, 0) is 38.2 Å². The van der Waals surface area contributed by atoms with Crippen molar-refractivity contribution in [3.8, 4) is 0 Å². The van der Waals surface area contributed by atoms with Crippen LogP contribution in [0, 0.1) is 0 Å². The van der Waals surface area contributed by atoms with Crippen LogP contribution in [0.25, 0.3) is 0 Å². The fourth-order valence-corrected chi connectivity index (χ4v) is 1.95. The number of nitrogens with one attached hydrogen (secondary N) is 4. The van der Waals surface area contributed by atoms with Gasteiger partial charge < -0.3 is 35.5 Å². The smallest absolute Gasteiger partial charge is 0.408 e. The Morgan fingerprint density at radius 1 is 0.697 bits per heavy atom. The summed E-state index contributed by atoms with van der Waals surface area (Å²) in [6.45, 7) is 7.19. The molecule has 0 unspecified atom stereocenters. The summed E-state index contributed by atoms with van der Waals surface area (Å²) in [6, 6.07) is -1.66. The molecule has 4 amide bonds. The molecule has 0 aromatic rings. The Morgan fingerprint density at radius 2 is 1.12 bits per heavy atom. The lowest BCUT2D eigenvalue weighted by molar-refractivity contribution is -0.160. The van der Waals surface area contributed by atoms with E-state index in [1.807, 2.05) is 0 Å². The topological polar surface area (TPSA) is 178 Å².